The highest BCUT2D eigenvalue weighted by atomic mass is 31.1. The first-order valence-corrected chi connectivity index (χ1v) is 11.1. The van der Waals surface area contributed by atoms with E-state index in [-0.39, 0.29) is 23.7 Å². The predicted octanol–water partition coefficient (Wildman–Crippen LogP) is 4.41. The van der Waals surface area contributed by atoms with Crippen molar-refractivity contribution in [3.8, 4) is 0 Å². The maximum absolute atomic E-state index is 15.4. The van der Waals surface area contributed by atoms with Gasteiger partial charge in [-0.3, -0.25) is 0 Å². The van der Waals surface area contributed by atoms with E-state index in [4.69, 9.17) is 4.65 Å². The molecule has 4 rings (SSSR count). The van der Waals surface area contributed by atoms with E-state index in [1.54, 1.807) is 6.20 Å². The molecule has 2 aromatic carbocycles. The summed E-state index contributed by atoms with van der Waals surface area (Å²) in [6.07, 6.45) is 2.46. The topological polar surface area (TPSA) is 27.1 Å². The molecule has 2 heterocycles. The molecule has 0 spiro atoms. The highest BCUT2D eigenvalue weighted by Gasteiger charge is 2.50. The summed E-state index contributed by atoms with van der Waals surface area (Å²) in [5, 5.41) is 6.31. The van der Waals surface area contributed by atoms with Crippen LogP contribution in [0.1, 0.15) is 27.7 Å². The van der Waals surface area contributed by atoms with Crippen molar-refractivity contribution in [2.75, 3.05) is 6.66 Å². The van der Waals surface area contributed by atoms with Gasteiger partial charge >= 0.3 is 6.92 Å². The van der Waals surface area contributed by atoms with Crippen LogP contribution in [0.4, 0.5) is 4.39 Å². The molecule has 3 aromatic rings. The summed E-state index contributed by atoms with van der Waals surface area (Å²) < 4.78 is 23.6. The summed E-state index contributed by atoms with van der Waals surface area (Å²) in [7, 11) is -0.689. The van der Waals surface area contributed by atoms with Gasteiger partial charge in [0, 0.05) is 8.07 Å². The van der Waals surface area contributed by atoms with Crippen molar-refractivity contribution in [2.24, 2.45) is 5.41 Å². The molecule has 1 unspecified atom stereocenters. The molecular formula is C21H25BFN2OP. The van der Waals surface area contributed by atoms with E-state index in [0.717, 1.165) is 11.8 Å². The Labute approximate surface area is 161 Å². The van der Waals surface area contributed by atoms with Crippen molar-refractivity contribution >= 4 is 36.7 Å². The lowest BCUT2D eigenvalue weighted by molar-refractivity contribution is 0.0375. The van der Waals surface area contributed by atoms with E-state index >= 15 is 4.39 Å². The Hall–Kier alpha value is -1.71. The van der Waals surface area contributed by atoms with Crippen LogP contribution < -0.4 is 10.8 Å². The van der Waals surface area contributed by atoms with Crippen LogP contribution in [-0.2, 0) is 4.65 Å². The quantitative estimate of drug-likeness (QED) is 0.496. The minimum absolute atomic E-state index is 0.00566. The van der Waals surface area contributed by atoms with E-state index in [2.05, 4.69) is 51.6 Å². The van der Waals surface area contributed by atoms with E-state index < -0.39 is 8.07 Å². The molecule has 0 radical (unpaired) electrons. The molecule has 27 heavy (non-hydrogen) atoms. The third-order valence-electron chi connectivity index (χ3n) is 6.22. The Morgan fingerprint density at radius 1 is 1.11 bits per heavy atom. The van der Waals surface area contributed by atoms with Crippen LogP contribution in [0, 0.1) is 11.2 Å². The van der Waals surface area contributed by atoms with Gasteiger partial charge in [-0.25, -0.2) is 8.84 Å². The Morgan fingerprint density at radius 3 is 2.44 bits per heavy atom. The second-order valence-corrected chi connectivity index (χ2v) is 10.4. The SMILES string of the molecule is CP(c1ccccc1)n1ncc2c(F)c(B3CC(C)(C)C(C)(C)O3)ccc21. The summed E-state index contributed by atoms with van der Waals surface area (Å²) in [5.41, 5.74) is 1.19. The first kappa shape index (κ1) is 18.6. The first-order valence-electron chi connectivity index (χ1n) is 9.34. The lowest BCUT2D eigenvalue weighted by Gasteiger charge is -2.34. The molecule has 0 amide bonds. The standard InChI is InChI=1S/C21H25BFN2OP/c1-20(2)14-22(26-21(20,3)4)17-11-12-18-16(19(17)23)13-24-25(18)27(5)15-9-7-6-8-10-15/h6-13H,14H2,1-5H3. The van der Waals surface area contributed by atoms with Gasteiger partial charge < -0.3 is 4.65 Å². The van der Waals surface area contributed by atoms with Crippen molar-refractivity contribution in [1.82, 2.24) is 9.55 Å². The highest BCUT2D eigenvalue weighted by Crippen LogP contribution is 2.45. The Morgan fingerprint density at radius 2 is 1.81 bits per heavy atom. The highest BCUT2D eigenvalue weighted by molar-refractivity contribution is 7.63. The smallest absolute Gasteiger partial charge is 0.330 e. The normalized spacial score (nSPS) is 19.6. The molecular weight excluding hydrogens is 357 g/mol. The lowest BCUT2D eigenvalue weighted by Crippen LogP contribution is -2.37. The third-order valence-corrected chi connectivity index (χ3v) is 8.15. The van der Waals surface area contributed by atoms with Gasteiger partial charge in [-0.2, -0.15) is 5.10 Å². The first-order chi connectivity index (χ1) is 12.7. The van der Waals surface area contributed by atoms with Crippen molar-refractivity contribution < 1.29 is 9.04 Å². The Balaban J connectivity index is 1.73. The van der Waals surface area contributed by atoms with Crippen LogP contribution in [-0.4, -0.2) is 28.7 Å². The molecule has 3 nitrogen and oxygen atoms in total. The van der Waals surface area contributed by atoms with Gasteiger partial charge in [-0.15, -0.1) is 0 Å². The molecule has 1 aliphatic heterocycles. The lowest BCUT2D eigenvalue weighted by atomic mass is 9.54. The minimum Gasteiger partial charge on any atom is -0.425 e. The number of fused-ring (bicyclic) bond motifs is 1. The largest absolute Gasteiger partial charge is 0.425 e. The van der Waals surface area contributed by atoms with Crippen molar-refractivity contribution in [2.45, 2.75) is 39.6 Å². The average Bonchev–Trinajstić information content (AvgIpc) is 3.14. The second kappa shape index (κ2) is 6.43. The number of hydrogen-bond acceptors (Lipinski definition) is 2. The zero-order valence-corrected chi connectivity index (χ0v) is 17.4. The monoisotopic (exact) mass is 382 g/mol. The van der Waals surface area contributed by atoms with Crippen LogP contribution in [0.3, 0.4) is 0 Å². The number of hydrogen-bond donors (Lipinski definition) is 0. The van der Waals surface area contributed by atoms with Gasteiger partial charge in [0.05, 0.1) is 22.7 Å². The number of benzene rings is 2. The van der Waals surface area contributed by atoms with Crippen LogP contribution in [0.15, 0.2) is 48.7 Å². The number of aromatic nitrogens is 2. The van der Waals surface area contributed by atoms with Gasteiger partial charge in [0.25, 0.3) is 0 Å². The van der Waals surface area contributed by atoms with E-state index in [1.165, 1.54) is 5.30 Å². The van der Waals surface area contributed by atoms with Gasteiger partial charge in [0.1, 0.15) is 5.82 Å². The molecule has 140 valence electrons. The Bertz CT molecular complexity index is 971. The van der Waals surface area contributed by atoms with Crippen molar-refractivity contribution in [3.63, 3.8) is 0 Å². The fraction of sp³-hybridized carbons (Fsp3) is 0.381. The predicted molar refractivity (Wildman–Crippen MR) is 113 cm³/mol. The van der Waals surface area contributed by atoms with Crippen LogP contribution in [0.5, 0.6) is 0 Å². The van der Waals surface area contributed by atoms with Crippen LogP contribution in [0.25, 0.3) is 10.9 Å². The summed E-state index contributed by atoms with van der Waals surface area (Å²) >= 11 is 0. The third kappa shape index (κ3) is 3.01. The van der Waals surface area contributed by atoms with Gasteiger partial charge in [0.15, 0.2) is 0 Å². The summed E-state index contributed by atoms with van der Waals surface area (Å²) in [6, 6.07) is 14.1. The maximum Gasteiger partial charge on any atom is 0.330 e. The molecule has 1 fully saturated rings. The van der Waals surface area contributed by atoms with E-state index in [9.17, 15) is 0 Å². The molecule has 0 bridgehead atoms. The molecule has 1 saturated heterocycles. The summed E-state index contributed by atoms with van der Waals surface area (Å²) in [5.74, 6) is -0.200. The average molecular weight is 382 g/mol. The van der Waals surface area contributed by atoms with Gasteiger partial charge in [-0.1, -0.05) is 50.2 Å². The number of halogens is 1. The molecule has 6 heteroatoms. The van der Waals surface area contributed by atoms with Crippen molar-refractivity contribution in [1.29, 1.82) is 0 Å². The molecule has 0 saturated carbocycles. The molecule has 1 aliphatic rings. The van der Waals surface area contributed by atoms with E-state index in [1.807, 2.05) is 34.8 Å². The van der Waals surface area contributed by atoms with Crippen LogP contribution >= 0.6 is 8.07 Å². The number of rotatable bonds is 3. The zero-order chi connectivity index (χ0) is 19.4. The molecule has 1 aromatic heterocycles. The van der Waals surface area contributed by atoms with Gasteiger partial charge in [-0.05, 0) is 49.1 Å². The molecule has 1 atom stereocenters. The Kier molecular flexibility index (Phi) is 4.44. The van der Waals surface area contributed by atoms with Gasteiger partial charge in [0.2, 0.25) is 0 Å². The fourth-order valence-electron chi connectivity index (χ4n) is 3.75. The molecule has 0 aliphatic carbocycles. The number of nitrogens with zero attached hydrogens (tertiary/aromatic N) is 2. The maximum atomic E-state index is 15.4. The second-order valence-electron chi connectivity index (χ2n) is 8.50. The summed E-state index contributed by atoms with van der Waals surface area (Å²) in [4.78, 5) is 0. The zero-order valence-electron chi connectivity index (χ0n) is 16.5. The summed E-state index contributed by atoms with van der Waals surface area (Å²) in [6.45, 7) is 10.5. The molecule has 0 N–H and O–H groups in total. The fourth-order valence-corrected chi connectivity index (χ4v) is 5.28. The van der Waals surface area contributed by atoms with Crippen LogP contribution in [0.2, 0.25) is 6.32 Å². The van der Waals surface area contributed by atoms with E-state index in [0.29, 0.717) is 10.8 Å². The minimum atomic E-state index is -0.689. The van der Waals surface area contributed by atoms with Crippen molar-refractivity contribution in [3.05, 3.63) is 54.5 Å².